The number of amides is 1. The molecule has 0 atom stereocenters. The number of pyridine rings is 1. The number of ether oxygens (including phenoxy) is 1. The minimum Gasteiger partial charge on any atom is -0.497 e. The molecule has 4 nitrogen and oxygen atoms in total. The Hall–Kier alpha value is -1.84. The van der Waals surface area contributed by atoms with Gasteiger partial charge in [-0.05, 0) is 25.0 Å². The summed E-state index contributed by atoms with van der Waals surface area (Å²) in [6.45, 7) is 4.11. The molecule has 0 bridgehead atoms. The van der Waals surface area contributed by atoms with Gasteiger partial charge in [0, 0.05) is 24.2 Å². The lowest BCUT2D eigenvalue weighted by Crippen LogP contribution is -2.42. The molecule has 0 radical (unpaired) electrons. The maximum absolute atomic E-state index is 11.5. The zero-order valence-corrected chi connectivity index (χ0v) is 12.0. The van der Waals surface area contributed by atoms with Crippen LogP contribution in [0.1, 0.15) is 37.8 Å². The Bertz CT molecular complexity index is 479. The van der Waals surface area contributed by atoms with E-state index in [0.29, 0.717) is 6.54 Å². The summed E-state index contributed by atoms with van der Waals surface area (Å²) in [7, 11) is 1.66. The van der Waals surface area contributed by atoms with Gasteiger partial charge in [-0.3, -0.25) is 9.78 Å². The molecule has 1 aliphatic carbocycles. The molecule has 108 valence electrons. The third kappa shape index (κ3) is 3.18. The Morgan fingerprint density at radius 3 is 2.90 bits per heavy atom. The first kappa shape index (κ1) is 14.6. The predicted molar refractivity (Wildman–Crippen MR) is 78.8 cm³/mol. The van der Waals surface area contributed by atoms with Gasteiger partial charge in [-0.25, -0.2) is 0 Å². The average Bonchev–Trinajstić information content (AvgIpc) is 2.53. The largest absolute Gasteiger partial charge is 0.497 e. The fourth-order valence-corrected chi connectivity index (χ4v) is 2.91. The first-order valence-corrected chi connectivity index (χ1v) is 7.11. The molecule has 1 aliphatic rings. The Balaban J connectivity index is 2.25. The highest BCUT2D eigenvalue weighted by atomic mass is 16.5. The molecule has 2 rings (SSSR count). The van der Waals surface area contributed by atoms with Crippen LogP contribution in [0.4, 0.5) is 0 Å². The van der Waals surface area contributed by atoms with Crippen molar-refractivity contribution in [3.63, 3.8) is 0 Å². The second kappa shape index (κ2) is 6.55. The van der Waals surface area contributed by atoms with Crippen molar-refractivity contribution in [1.82, 2.24) is 10.3 Å². The van der Waals surface area contributed by atoms with Crippen LogP contribution in [0.2, 0.25) is 0 Å². The highest BCUT2D eigenvalue weighted by molar-refractivity contribution is 5.86. The van der Waals surface area contributed by atoms with E-state index < -0.39 is 0 Å². The van der Waals surface area contributed by atoms with Crippen LogP contribution in [0.15, 0.2) is 31.0 Å². The van der Waals surface area contributed by atoms with Crippen LogP contribution in [0.3, 0.4) is 0 Å². The predicted octanol–water partition coefficient (Wildman–Crippen LogP) is 2.59. The first-order valence-electron chi connectivity index (χ1n) is 7.11. The van der Waals surface area contributed by atoms with E-state index in [1.807, 2.05) is 12.1 Å². The Morgan fingerprint density at radius 1 is 1.50 bits per heavy atom. The van der Waals surface area contributed by atoms with Crippen LogP contribution in [0.25, 0.3) is 0 Å². The third-order valence-electron chi connectivity index (χ3n) is 4.11. The van der Waals surface area contributed by atoms with Gasteiger partial charge in [0.05, 0.1) is 12.8 Å². The molecule has 0 aromatic carbocycles. The Kier molecular flexibility index (Phi) is 4.77. The molecule has 20 heavy (non-hydrogen) atoms. The number of carbonyl (C=O) groups excluding carboxylic acids is 1. The van der Waals surface area contributed by atoms with Crippen LogP contribution >= 0.6 is 0 Å². The number of methoxy groups -OCH3 is 1. The lowest BCUT2D eigenvalue weighted by Gasteiger charge is -2.37. The second-order valence-electron chi connectivity index (χ2n) is 5.34. The molecule has 1 aromatic rings. The number of nitrogens with one attached hydrogen (secondary N) is 1. The van der Waals surface area contributed by atoms with Gasteiger partial charge < -0.3 is 10.1 Å². The second-order valence-corrected chi connectivity index (χ2v) is 5.34. The van der Waals surface area contributed by atoms with Crippen molar-refractivity contribution < 1.29 is 9.53 Å². The zero-order valence-electron chi connectivity index (χ0n) is 12.0. The first-order chi connectivity index (χ1) is 9.70. The molecule has 1 aromatic heterocycles. The van der Waals surface area contributed by atoms with E-state index in [9.17, 15) is 4.79 Å². The topological polar surface area (TPSA) is 51.2 Å². The summed E-state index contributed by atoms with van der Waals surface area (Å²) in [5.41, 5.74) is 0.937. The average molecular weight is 274 g/mol. The van der Waals surface area contributed by atoms with Gasteiger partial charge in [0.1, 0.15) is 5.75 Å². The molecule has 1 fully saturated rings. The molecule has 0 aliphatic heterocycles. The van der Waals surface area contributed by atoms with Crippen molar-refractivity contribution >= 4 is 5.91 Å². The smallest absolute Gasteiger partial charge is 0.243 e. The van der Waals surface area contributed by atoms with Gasteiger partial charge in [-0.2, -0.15) is 0 Å². The molecule has 1 N–H and O–H groups in total. The normalized spacial score (nSPS) is 17.2. The van der Waals surface area contributed by atoms with Crippen molar-refractivity contribution in [2.45, 2.75) is 37.5 Å². The van der Waals surface area contributed by atoms with Crippen LogP contribution < -0.4 is 10.1 Å². The third-order valence-corrected chi connectivity index (χ3v) is 4.11. The van der Waals surface area contributed by atoms with Crippen molar-refractivity contribution in [3.05, 3.63) is 36.7 Å². The molecule has 1 saturated carbocycles. The van der Waals surface area contributed by atoms with Crippen molar-refractivity contribution in [2.24, 2.45) is 0 Å². The molecule has 4 heteroatoms. The fourth-order valence-electron chi connectivity index (χ4n) is 2.91. The maximum Gasteiger partial charge on any atom is 0.243 e. The van der Waals surface area contributed by atoms with Gasteiger partial charge in [0.25, 0.3) is 0 Å². The number of hydrogen-bond donors (Lipinski definition) is 1. The summed E-state index contributed by atoms with van der Waals surface area (Å²) in [4.78, 5) is 16.0. The zero-order chi connectivity index (χ0) is 14.4. The van der Waals surface area contributed by atoms with Crippen LogP contribution in [0, 0.1) is 0 Å². The molecule has 0 unspecified atom stereocenters. The van der Waals surface area contributed by atoms with Gasteiger partial charge >= 0.3 is 0 Å². The summed E-state index contributed by atoms with van der Waals surface area (Å²) < 4.78 is 5.29. The minimum absolute atomic E-state index is 0.0779. The minimum atomic E-state index is -0.127. The summed E-state index contributed by atoms with van der Waals surface area (Å²) >= 11 is 0. The quantitative estimate of drug-likeness (QED) is 0.840. The van der Waals surface area contributed by atoms with Gasteiger partial charge in [0.15, 0.2) is 0 Å². The number of carbonyl (C=O) groups is 1. The number of rotatable bonds is 5. The van der Waals surface area contributed by atoms with E-state index in [0.717, 1.165) is 24.3 Å². The van der Waals surface area contributed by atoms with E-state index >= 15 is 0 Å². The molecule has 0 saturated heterocycles. The maximum atomic E-state index is 11.5. The Labute approximate surface area is 120 Å². The van der Waals surface area contributed by atoms with E-state index in [4.69, 9.17) is 4.74 Å². The molecule has 1 heterocycles. The van der Waals surface area contributed by atoms with E-state index in [1.54, 1.807) is 13.3 Å². The van der Waals surface area contributed by atoms with Gasteiger partial charge in [-0.15, -0.1) is 0 Å². The van der Waals surface area contributed by atoms with Crippen molar-refractivity contribution in [1.29, 1.82) is 0 Å². The van der Waals surface area contributed by atoms with Gasteiger partial charge in [-0.1, -0.05) is 25.8 Å². The van der Waals surface area contributed by atoms with Crippen molar-refractivity contribution in [2.75, 3.05) is 13.7 Å². The summed E-state index contributed by atoms with van der Waals surface area (Å²) in [5, 5.41) is 2.94. The molecular formula is C16H22N2O2. The standard InChI is InChI=1S/C16H22N2O2/c1-3-15(19)18-12-16(8-5-4-6-9-16)14-11-13(20-2)7-10-17-14/h3,7,10-11H,1,4-6,8-9,12H2,2H3,(H,18,19). The highest BCUT2D eigenvalue weighted by Crippen LogP contribution is 2.38. The summed E-state index contributed by atoms with van der Waals surface area (Å²) in [6, 6.07) is 3.84. The monoisotopic (exact) mass is 274 g/mol. The lowest BCUT2D eigenvalue weighted by atomic mass is 9.71. The van der Waals surface area contributed by atoms with E-state index in [2.05, 4.69) is 16.9 Å². The van der Waals surface area contributed by atoms with Crippen molar-refractivity contribution in [3.8, 4) is 5.75 Å². The lowest BCUT2D eigenvalue weighted by molar-refractivity contribution is -0.116. The molecule has 0 spiro atoms. The van der Waals surface area contributed by atoms with Crippen LogP contribution in [-0.2, 0) is 10.2 Å². The van der Waals surface area contributed by atoms with Crippen LogP contribution in [-0.4, -0.2) is 24.5 Å². The summed E-state index contributed by atoms with van der Waals surface area (Å²) in [5.74, 6) is 0.688. The summed E-state index contributed by atoms with van der Waals surface area (Å²) in [6.07, 6.45) is 8.78. The number of hydrogen-bond acceptors (Lipinski definition) is 3. The van der Waals surface area contributed by atoms with E-state index in [1.165, 1.54) is 25.3 Å². The van der Waals surface area contributed by atoms with E-state index in [-0.39, 0.29) is 11.3 Å². The fraction of sp³-hybridized carbons (Fsp3) is 0.500. The molecule has 1 amide bonds. The Morgan fingerprint density at radius 2 is 2.25 bits per heavy atom. The molecular weight excluding hydrogens is 252 g/mol. The SMILES string of the molecule is C=CC(=O)NCC1(c2cc(OC)ccn2)CCCCC1. The van der Waals surface area contributed by atoms with Gasteiger partial charge in [0.2, 0.25) is 5.91 Å². The number of nitrogens with zero attached hydrogens (tertiary/aromatic N) is 1. The van der Waals surface area contributed by atoms with Crippen LogP contribution in [0.5, 0.6) is 5.75 Å². The highest BCUT2D eigenvalue weighted by Gasteiger charge is 2.35. The number of aromatic nitrogens is 1.